The lowest BCUT2D eigenvalue weighted by atomic mass is 10.1. The van der Waals surface area contributed by atoms with Gasteiger partial charge in [0.2, 0.25) is 0 Å². The van der Waals surface area contributed by atoms with Crippen LogP contribution in [-0.2, 0) is 19.4 Å². The monoisotopic (exact) mass is 382 g/mol. The number of amides is 1. The van der Waals surface area contributed by atoms with Gasteiger partial charge in [-0.1, -0.05) is 30.0 Å². The van der Waals surface area contributed by atoms with Crippen LogP contribution in [0.5, 0.6) is 0 Å². The molecule has 27 heavy (non-hydrogen) atoms. The number of nitrogens with one attached hydrogen (secondary N) is 1. The maximum absolute atomic E-state index is 12.7. The van der Waals surface area contributed by atoms with Crippen molar-refractivity contribution >= 4 is 23.1 Å². The van der Waals surface area contributed by atoms with Crippen molar-refractivity contribution in [2.75, 3.05) is 5.32 Å². The number of nitrogens with zero attached hydrogens (tertiary/aromatic N) is 5. The number of benzene rings is 1. The minimum absolute atomic E-state index is 0.165. The van der Waals surface area contributed by atoms with Crippen LogP contribution in [0, 0.1) is 6.92 Å². The number of carbonyl (C=O) groups is 1. The topological polar surface area (TPSA) is 85.6 Å². The Kier molecular flexibility index (Phi) is 4.98. The second-order valence-corrected chi connectivity index (χ2v) is 7.54. The average Bonchev–Trinajstić information content (AvgIpc) is 3.25. The van der Waals surface area contributed by atoms with Gasteiger partial charge in [0.15, 0.2) is 5.82 Å². The summed E-state index contributed by atoms with van der Waals surface area (Å²) in [4.78, 5) is 13.2. The Balaban J connectivity index is 1.64. The van der Waals surface area contributed by atoms with Gasteiger partial charge in [0.25, 0.3) is 5.91 Å². The Bertz CT molecular complexity index is 976. The standard InChI is InChI=1S/C19H22N6OS/c1-3-14-17(27-24-21-14)19(26)20-15-11-13(9-8-12(15)2)18-23-22-16-7-5-4-6-10-25(16)18/h8-9,11H,3-7,10H2,1-2H3,(H,20,26). The summed E-state index contributed by atoms with van der Waals surface area (Å²) in [5, 5.41) is 15.8. The van der Waals surface area contributed by atoms with E-state index >= 15 is 0 Å². The fourth-order valence-electron chi connectivity index (χ4n) is 3.39. The zero-order valence-electron chi connectivity index (χ0n) is 15.5. The number of hydrogen-bond donors (Lipinski definition) is 1. The molecule has 0 atom stereocenters. The van der Waals surface area contributed by atoms with Crippen molar-refractivity contribution in [2.45, 2.75) is 52.5 Å². The molecule has 0 bridgehead atoms. The predicted octanol–water partition coefficient (Wildman–Crippen LogP) is 3.65. The number of hydrogen-bond acceptors (Lipinski definition) is 6. The molecule has 0 spiro atoms. The van der Waals surface area contributed by atoms with Crippen molar-refractivity contribution in [1.29, 1.82) is 0 Å². The van der Waals surface area contributed by atoms with E-state index in [0.717, 1.165) is 71.5 Å². The van der Waals surface area contributed by atoms with Gasteiger partial charge in [0.05, 0.1) is 5.69 Å². The molecule has 1 aliphatic rings. The van der Waals surface area contributed by atoms with Gasteiger partial charge in [-0.05, 0) is 49.3 Å². The lowest BCUT2D eigenvalue weighted by Crippen LogP contribution is -2.13. The summed E-state index contributed by atoms with van der Waals surface area (Å²) < 4.78 is 6.12. The molecule has 1 amide bonds. The zero-order chi connectivity index (χ0) is 18.8. The number of fused-ring (bicyclic) bond motifs is 1. The number of rotatable bonds is 4. The van der Waals surface area contributed by atoms with Crippen molar-refractivity contribution in [3.8, 4) is 11.4 Å². The van der Waals surface area contributed by atoms with Crippen LogP contribution in [0.15, 0.2) is 18.2 Å². The van der Waals surface area contributed by atoms with Crippen molar-refractivity contribution in [3.63, 3.8) is 0 Å². The van der Waals surface area contributed by atoms with Crippen LogP contribution < -0.4 is 5.32 Å². The smallest absolute Gasteiger partial charge is 0.269 e. The summed E-state index contributed by atoms with van der Waals surface area (Å²) in [6.45, 7) is 4.89. The van der Waals surface area contributed by atoms with Gasteiger partial charge in [-0.3, -0.25) is 4.79 Å². The number of aromatic nitrogens is 5. The Morgan fingerprint density at radius 2 is 2.11 bits per heavy atom. The summed E-state index contributed by atoms with van der Waals surface area (Å²) in [5.74, 6) is 1.76. The molecule has 3 aromatic rings. The molecule has 8 heteroatoms. The van der Waals surface area contributed by atoms with E-state index in [1.807, 2.05) is 32.0 Å². The number of anilines is 1. The third-order valence-electron chi connectivity index (χ3n) is 4.95. The third kappa shape index (κ3) is 3.49. The second kappa shape index (κ2) is 7.56. The molecule has 3 heterocycles. The number of carbonyl (C=O) groups excluding carboxylic acids is 1. The maximum Gasteiger partial charge on any atom is 0.269 e. The first kappa shape index (κ1) is 17.8. The van der Waals surface area contributed by atoms with Crippen LogP contribution in [0.25, 0.3) is 11.4 Å². The Morgan fingerprint density at radius 3 is 2.96 bits per heavy atom. The van der Waals surface area contributed by atoms with E-state index in [-0.39, 0.29) is 5.91 Å². The highest BCUT2D eigenvalue weighted by atomic mass is 32.1. The van der Waals surface area contributed by atoms with Crippen molar-refractivity contribution in [1.82, 2.24) is 24.4 Å². The second-order valence-electron chi connectivity index (χ2n) is 6.79. The summed E-state index contributed by atoms with van der Waals surface area (Å²) in [5.41, 5.74) is 3.47. The summed E-state index contributed by atoms with van der Waals surface area (Å²) >= 11 is 1.13. The van der Waals surface area contributed by atoms with E-state index < -0.39 is 0 Å². The normalized spacial score (nSPS) is 13.9. The molecule has 1 N–H and O–H groups in total. The van der Waals surface area contributed by atoms with E-state index in [1.165, 1.54) is 6.42 Å². The first-order valence-electron chi connectivity index (χ1n) is 9.33. The minimum atomic E-state index is -0.165. The van der Waals surface area contributed by atoms with Gasteiger partial charge in [-0.15, -0.1) is 15.3 Å². The largest absolute Gasteiger partial charge is 0.321 e. The van der Waals surface area contributed by atoms with E-state index in [9.17, 15) is 4.79 Å². The molecule has 140 valence electrons. The number of aryl methyl sites for hydroxylation is 3. The van der Waals surface area contributed by atoms with Crippen molar-refractivity contribution in [2.24, 2.45) is 0 Å². The first-order valence-corrected chi connectivity index (χ1v) is 10.1. The molecule has 1 aliphatic heterocycles. The molecule has 0 unspecified atom stereocenters. The lowest BCUT2D eigenvalue weighted by molar-refractivity contribution is 0.102. The van der Waals surface area contributed by atoms with Crippen LogP contribution in [0.2, 0.25) is 0 Å². The van der Waals surface area contributed by atoms with Crippen LogP contribution in [0.3, 0.4) is 0 Å². The highest BCUT2D eigenvalue weighted by Crippen LogP contribution is 2.27. The Morgan fingerprint density at radius 1 is 1.22 bits per heavy atom. The van der Waals surface area contributed by atoms with Crippen molar-refractivity contribution < 1.29 is 4.79 Å². The van der Waals surface area contributed by atoms with Crippen LogP contribution in [-0.4, -0.2) is 30.3 Å². The Labute approximate surface area is 162 Å². The molecule has 1 aromatic carbocycles. The fourth-order valence-corrected chi connectivity index (χ4v) is 4.03. The molecule has 7 nitrogen and oxygen atoms in total. The molecule has 0 aliphatic carbocycles. The Hall–Kier alpha value is -2.61. The van der Waals surface area contributed by atoms with E-state index in [4.69, 9.17) is 0 Å². The van der Waals surface area contributed by atoms with Gasteiger partial charge in [-0.2, -0.15) is 0 Å². The van der Waals surface area contributed by atoms with E-state index in [2.05, 4.69) is 29.7 Å². The third-order valence-corrected chi connectivity index (χ3v) is 5.72. The van der Waals surface area contributed by atoms with Gasteiger partial charge in [-0.25, -0.2) is 0 Å². The molecule has 0 fully saturated rings. The fraction of sp³-hybridized carbons (Fsp3) is 0.421. The molecule has 4 rings (SSSR count). The molecule has 0 radical (unpaired) electrons. The van der Waals surface area contributed by atoms with Gasteiger partial charge < -0.3 is 9.88 Å². The quantitative estimate of drug-likeness (QED) is 0.744. The highest BCUT2D eigenvalue weighted by molar-refractivity contribution is 7.08. The molecular formula is C19H22N6OS. The first-order chi connectivity index (χ1) is 13.2. The van der Waals surface area contributed by atoms with Crippen LogP contribution in [0.4, 0.5) is 5.69 Å². The van der Waals surface area contributed by atoms with Crippen molar-refractivity contribution in [3.05, 3.63) is 40.2 Å². The average molecular weight is 382 g/mol. The minimum Gasteiger partial charge on any atom is -0.321 e. The maximum atomic E-state index is 12.7. The highest BCUT2D eigenvalue weighted by Gasteiger charge is 2.19. The van der Waals surface area contributed by atoms with E-state index in [1.54, 1.807) is 0 Å². The van der Waals surface area contributed by atoms with Gasteiger partial charge in [0, 0.05) is 24.2 Å². The van der Waals surface area contributed by atoms with E-state index in [0.29, 0.717) is 11.3 Å². The molecule has 0 saturated carbocycles. The molecule has 0 saturated heterocycles. The summed E-state index contributed by atoms with van der Waals surface area (Å²) in [6.07, 6.45) is 5.19. The summed E-state index contributed by atoms with van der Waals surface area (Å²) in [6, 6.07) is 6.03. The van der Waals surface area contributed by atoms with Crippen LogP contribution >= 0.6 is 11.5 Å². The predicted molar refractivity (Wildman–Crippen MR) is 105 cm³/mol. The van der Waals surface area contributed by atoms with Gasteiger partial charge >= 0.3 is 0 Å². The zero-order valence-corrected chi connectivity index (χ0v) is 16.3. The molecule has 2 aromatic heterocycles. The van der Waals surface area contributed by atoms with Crippen LogP contribution in [0.1, 0.15) is 52.9 Å². The SMILES string of the molecule is CCc1nnsc1C(=O)Nc1cc(-c2nnc3n2CCCCC3)ccc1C. The summed E-state index contributed by atoms with van der Waals surface area (Å²) in [7, 11) is 0. The molecular weight excluding hydrogens is 360 g/mol. The van der Waals surface area contributed by atoms with Gasteiger partial charge in [0.1, 0.15) is 10.7 Å². The lowest BCUT2D eigenvalue weighted by Gasteiger charge is -2.11.